The Morgan fingerprint density at radius 3 is 2.73 bits per heavy atom. The Bertz CT molecular complexity index is 1120. The summed E-state index contributed by atoms with van der Waals surface area (Å²) in [5.41, 5.74) is 0.362. The van der Waals surface area contributed by atoms with E-state index in [1.807, 2.05) is 6.07 Å². The van der Waals surface area contributed by atoms with Gasteiger partial charge in [0.1, 0.15) is 15.3 Å². The zero-order chi connectivity index (χ0) is 18.9. The number of esters is 1. The summed E-state index contributed by atoms with van der Waals surface area (Å²) in [5, 5.41) is 2.34. The molecule has 0 aliphatic rings. The van der Waals surface area contributed by atoms with Crippen molar-refractivity contribution in [2.75, 3.05) is 13.7 Å². The summed E-state index contributed by atoms with van der Waals surface area (Å²) in [5.74, 6) is -0.703. The van der Waals surface area contributed by atoms with Crippen molar-refractivity contribution in [3.05, 3.63) is 51.2 Å². The number of aryl methyl sites for hydroxylation is 1. The Kier molecular flexibility index (Phi) is 4.99. The molecule has 0 saturated carbocycles. The molecule has 26 heavy (non-hydrogen) atoms. The first-order valence-corrected chi connectivity index (χ1v) is 10.0. The van der Waals surface area contributed by atoms with Gasteiger partial charge in [0.25, 0.3) is 5.56 Å². The zero-order valence-corrected chi connectivity index (χ0v) is 15.8. The molecule has 1 N–H and O–H groups in total. The van der Waals surface area contributed by atoms with Crippen LogP contribution in [0.15, 0.2) is 45.7 Å². The average Bonchev–Trinajstić information content (AvgIpc) is 3.24. The lowest BCUT2D eigenvalue weighted by molar-refractivity contribution is 0.0602. The van der Waals surface area contributed by atoms with Crippen LogP contribution in [0.5, 0.6) is 0 Å². The van der Waals surface area contributed by atoms with Crippen LogP contribution < -0.4 is 10.3 Å². The van der Waals surface area contributed by atoms with Gasteiger partial charge in [-0.3, -0.25) is 4.79 Å². The fourth-order valence-corrected chi connectivity index (χ4v) is 4.99. The number of pyridine rings is 1. The minimum atomic E-state index is -3.89. The summed E-state index contributed by atoms with van der Waals surface area (Å²) in [7, 11) is -0.915. The maximum atomic E-state index is 12.5. The molecule has 8 nitrogen and oxygen atoms in total. The van der Waals surface area contributed by atoms with Gasteiger partial charge in [0.05, 0.1) is 7.11 Å². The third-order valence-electron chi connectivity index (χ3n) is 3.94. The van der Waals surface area contributed by atoms with E-state index in [9.17, 15) is 18.0 Å². The number of thiophene rings is 1. The Morgan fingerprint density at radius 1 is 1.27 bits per heavy atom. The number of methoxy groups -OCH3 is 1. The molecule has 0 bridgehead atoms. The van der Waals surface area contributed by atoms with Crippen molar-refractivity contribution in [1.82, 2.24) is 13.9 Å². The summed E-state index contributed by atoms with van der Waals surface area (Å²) >= 11 is 0.994. The lowest BCUT2D eigenvalue weighted by atomic mass is 10.3. The summed E-state index contributed by atoms with van der Waals surface area (Å²) in [6, 6.07) is 5.00. The van der Waals surface area contributed by atoms with E-state index in [2.05, 4.69) is 9.46 Å². The molecule has 0 radical (unpaired) electrons. The predicted molar refractivity (Wildman–Crippen MR) is 98.0 cm³/mol. The molecule has 0 spiro atoms. The second-order valence-corrected chi connectivity index (χ2v) is 8.20. The van der Waals surface area contributed by atoms with Gasteiger partial charge in [-0.2, -0.15) is 0 Å². The zero-order valence-electron chi connectivity index (χ0n) is 14.1. The van der Waals surface area contributed by atoms with Crippen LogP contribution in [0.4, 0.5) is 0 Å². The molecule has 3 aromatic heterocycles. The highest BCUT2D eigenvalue weighted by Crippen LogP contribution is 2.22. The number of rotatable bonds is 6. The number of hydrogen-bond acceptors (Lipinski definition) is 6. The van der Waals surface area contributed by atoms with E-state index in [0.717, 1.165) is 16.7 Å². The highest BCUT2D eigenvalue weighted by molar-refractivity contribution is 7.89. The third-order valence-corrected chi connectivity index (χ3v) is 6.46. The lowest BCUT2D eigenvalue weighted by Crippen LogP contribution is -2.31. The van der Waals surface area contributed by atoms with Gasteiger partial charge in [-0.25, -0.2) is 17.9 Å². The molecule has 0 aliphatic heterocycles. The molecule has 0 atom stereocenters. The lowest BCUT2D eigenvalue weighted by Gasteiger charge is -2.09. The van der Waals surface area contributed by atoms with Crippen LogP contribution in [0.25, 0.3) is 10.9 Å². The van der Waals surface area contributed by atoms with Crippen LogP contribution in [0.2, 0.25) is 0 Å². The highest BCUT2D eigenvalue weighted by atomic mass is 32.2. The Morgan fingerprint density at radius 2 is 2.00 bits per heavy atom. The fraction of sp³-hybridized carbons (Fsp3) is 0.250. The van der Waals surface area contributed by atoms with Crippen molar-refractivity contribution in [1.29, 1.82) is 0 Å². The maximum Gasteiger partial charge on any atom is 0.349 e. The molecule has 138 valence electrons. The van der Waals surface area contributed by atoms with Gasteiger partial charge in [0, 0.05) is 37.9 Å². The van der Waals surface area contributed by atoms with Crippen molar-refractivity contribution in [2.45, 2.75) is 11.4 Å². The molecule has 0 fully saturated rings. The maximum absolute atomic E-state index is 12.5. The number of sulfonamides is 1. The van der Waals surface area contributed by atoms with E-state index in [-0.39, 0.29) is 28.4 Å². The second-order valence-electron chi connectivity index (χ2n) is 5.55. The number of nitrogens with one attached hydrogen (secondary N) is 1. The summed E-state index contributed by atoms with van der Waals surface area (Å²) < 4.78 is 35.0. The van der Waals surface area contributed by atoms with E-state index in [1.54, 1.807) is 30.1 Å². The topological polar surface area (TPSA) is 99.4 Å². The van der Waals surface area contributed by atoms with Crippen molar-refractivity contribution in [3.8, 4) is 0 Å². The molecule has 0 aromatic carbocycles. The fourth-order valence-electron chi connectivity index (χ4n) is 2.64. The number of aromatic nitrogens is 2. The van der Waals surface area contributed by atoms with E-state index >= 15 is 0 Å². The van der Waals surface area contributed by atoms with Crippen molar-refractivity contribution in [2.24, 2.45) is 7.05 Å². The number of hydrogen-bond donors (Lipinski definition) is 1. The van der Waals surface area contributed by atoms with E-state index in [4.69, 9.17) is 0 Å². The molecule has 3 aromatic rings. The Hall–Kier alpha value is -2.43. The molecule has 0 saturated heterocycles. The summed E-state index contributed by atoms with van der Waals surface area (Å²) in [6.45, 7) is 0.172. The first-order valence-electron chi connectivity index (χ1n) is 7.65. The van der Waals surface area contributed by atoms with E-state index in [0.29, 0.717) is 5.52 Å². The van der Waals surface area contributed by atoms with Gasteiger partial charge in [0.2, 0.25) is 10.0 Å². The van der Waals surface area contributed by atoms with Gasteiger partial charge in [-0.05, 0) is 23.6 Å². The third kappa shape index (κ3) is 3.30. The van der Waals surface area contributed by atoms with Crippen LogP contribution in [-0.4, -0.2) is 37.2 Å². The summed E-state index contributed by atoms with van der Waals surface area (Å²) in [6.07, 6.45) is 3.42. The molecule has 10 heteroatoms. The monoisotopic (exact) mass is 395 g/mol. The molecule has 3 heterocycles. The number of nitrogens with zero attached hydrogens (tertiary/aromatic N) is 2. The van der Waals surface area contributed by atoms with Gasteiger partial charge in [0.15, 0.2) is 0 Å². The SMILES string of the molecule is COC(=O)c1sccc1S(=O)(=O)NCCn1ccc2ccn(C)c2c1=O. The van der Waals surface area contributed by atoms with Crippen LogP contribution in [-0.2, 0) is 28.4 Å². The van der Waals surface area contributed by atoms with Crippen molar-refractivity contribution < 1.29 is 17.9 Å². The van der Waals surface area contributed by atoms with Gasteiger partial charge in [-0.1, -0.05) is 0 Å². The normalized spacial score (nSPS) is 11.8. The van der Waals surface area contributed by atoms with Crippen LogP contribution in [0.3, 0.4) is 0 Å². The van der Waals surface area contributed by atoms with Crippen LogP contribution in [0.1, 0.15) is 9.67 Å². The van der Waals surface area contributed by atoms with E-state index in [1.165, 1.54) is 23.1 Å². The first kappa shape index (κ1) is 18.4. The molecule has 0 amide bonds. The molecule has 0 unspecified atom stereocenters. The molecular weight excluding hydrogens is 378 g/mol. The highest BCUT2D eigenvalue weighted by Gasteiger charge is 2.24. The first-order chi connectivity index (χ1) is 12.3. The number of carbonyl (C=O) groups is 1. The van der Waals surface area contributed by atoms with E-state index < -0.39 is 16.0 Å². The molecule has 0 aliphatic carbocycles. The minimum absolute atomic E-state index is 0.00856. The number of carbonyl (C=O) groups excluding carboxylic acids is 1. The number of fused-ring (bicyclic) bond motifs is 1. The largest absolute Gasteiger partial charge is 0.465 e. The van der Waals surface area contributed by atoms with Gasteiger partial charge >= 0.3 is 5.97 Å². The predicted octanol–water partition coefficient (Wildman–Crippen LogP) is 1.17. The van der Waals surface area contributed by atoms with Crippen LogP contribution >= 0.6 is 11.3 Å². The molecule has 3 rings (SSSR count). The standard InChI is InChI=1S/C16H17N3O5S2/c1-18-7-3-11-4-8-19(15(20)13(11)18)9-6-17-26(22,23)12-5-10-25-14(12)16(21)24-2/h3-5,7-8,10,17H,6,9H2,1-2H3. The molecular formula is C16H17N3O5S2. The minimum Gasteiger partial charge on any atom is -0.465 e. The Balaban J connectivity index is 1.77. The van der Waals surface area contributed by atoms with Crippen molar-refractivity contribution >= 4 is 38.2 Å². The van der Waals surface area contributed by atoms with Gasteiger partial charge < -0.3 is 13.9 Å². The second kappa shape index (κ2) is 7.06. The quantitative estimate of drug-likeness (QED) is 0.632. The number of ether oxygens (including phenoxy) is 1. The Labute approximate surface area is 153 Å². The smallest absolute Gasteiger partial charge is 0.349 e. The van der Waals surface area contributed by atoms with Crippen LogP contribution in [0, 0.1) is 0 Å². The van der Waals surface area contributed by atoms with Crippen molar-refractivity contribution in [3.63, 3.8) is 0 Å². The average molecular weight is 395 g/mol. The van der Waals surface area contributed by atoms with Gasteiger partial charge in [-0.15, -0.1) is 11.3 Å². The summed E-state index contributed by atoms with van der Waals surface area (Å²) in [4.78, 5) is 24.0.